The van der Waals surface area contributed by atoms with Gasteiger partial charge in [-0.15, -0.1) is 0 Å². The number of rotatable bonds is 2. The van der Waals surface area contributed by atoms with E-state index in [9.17, 15) is 9.50 Å². The van der Waals surface area contributed by atoms with Crippen LogP contribution in [0, 0.1) is 12.7 Å². The van der Waals surface area contributed by atoms with Crippen LogP contribution in [0.1, 0.15) is 30.9 Å². The molecular formula is C11H15FO. The Labute approximate surface area is 78.2 Å². The first-order valence-corrected chi connectivity index (χ1v) is 4.46. The second-order valence-electron chi connectivity index (χ2n) is 3.59. The van der Waals surface area contributed by atoms with Gasteiger partial charge in [0, 0.05) is 5.92 Å². The maximum absolute atomic E-state index is 13.0. The molecule has 72 valence electrons. The van der Waals surface area contributed by atoms with Gasteiger partial charge in [0.1, 0.15) is 5.82 Å². The summed E-state index contributed by atoms with van der Waals surface area (Å²) in [5.74, 6) is -0.253. The summed E-state index contributed by atoms with van der Waals surface area (Å²) < 4.78 is 13.0. The van der Waals surface area contributed by atoms with Crippen molar-refractivity contribution in [2.45, 2.75) is 32.8 Å². The van der Waals surface area contributed by atoms with E-state index in [2.05, 4.69) is 0 Å². The molecule has 0 aromatic heterocycles. The highest BCUT2D eigenvalue weighted by atomic mass is 19.1. The minimum atomic E-state index is -0.443. The Morgan fingerprint density at radius 1 is 1.23 bits per heavy atom. The van der Waals surface area contributed by atoms with Crippen LogP contribution >= 0.6 is 0 Å². The molecule has 1 aromatic carbocycles. The van der Waals surface area contributed by atoms with Crippen LogP contribution in [0.25, 0.3) is 0 Å². The van der Waals surface area contributed by atoms with Gasteiger partial charge in [0.15, 0.2) is 0 Å². The highest BCUT2D eigenvalue weighted by Gasteiger charge is 2.12. The fourth-order valence-corrected chi connectivity index (χ4v) is 1.31. The number of halogens is 1. The maximum Gasteiger partial charge on any atom is 0.123 e. The zero-order chi connectivity index (χ0) is 10.0. The first-order valence-electron chi connectivity index (χ1n) is 4.46. The normalized spacial score (nSPS) is 15.5. The third-order valence-electron chi connectivity index (χ3n) is 2.31. The Morgan fingerprint density at radius 2 is 1.85 bits per heavy atom. The summed E-state index contributed by atoms with van der Waals surface area (Å²) in [6.07, 6.45) is -0.443. The molecule has 1 rings (SSSR count). The molecule has 2 atom stereocenters. The van der Waals surface area contributed by atoms with Gasteiger partial charge in [0.25, 0.3) is 0 Å². The fourth-order valence-electron chi connectivity index (χ4n) is 1.31. The van der Waals surface area contributed by atoms with Crippen LogP contribution in [0.5, 0.6) is 0 Å². The van der Waals surface area contributed by atoms with Crippen molar-refractivity contribution >= 4 is 0 Å². The molecule has 0 aliphatic carbocycles. The molecule has 0 saturated heterocycles. The van der Waals surface area contributed by atoms with Crippen molar-refractivity contribution in [3.63, 3.8) is 0 Å². The van der Waals surface area contributed by atoms with Crippen molar-refractivity contribution in [1.82, 2.24) is 0 Å². The number of hydrogen-bond donors (Lipinski definition) is 1. The monoisotopic (exact) mass is 182 g/mol. The highest BCUT2D eigenvalue weighted by molar-refractivity contribution is 5.26. The summed E-state index contributed by atoms with van der Waals surface area (Å²) in [6.45, 7) is 5.45. The third-order valence-corrected chi connectivity index (χ3v) is 2.31. The van der Waals surface area contributed by atoms with Gasteiger partial charge in [0.05, 0.1) is 6.10 Å². The van der Waals surface area contributed by atoms with Gasteiger partial charge in [-0.3, -0.25) is 0 Å². The Kier molecular flexibility index (Phi) is 3.04. The summed E-state index contributed by atoms with van der Waals surface area (Å²) >= 11 is 0. The van der Waals surface area contributed by atoms with Gasteiger partial charge in [-0.1, -0.05) is 13.0 Å². The van der Waals surface area contributed by atoms with Crippen LogP contribution in [0.15, 0.2) is 18.2 Å². The largest absolute Gasteiger partial charge is 0.393 e. The minimum Gasteiger partial charge on any atom is -0.393 e. The molecule has 0 saturated carbocycles. The highest BCUT2D eigenvalue weighted by Crippen LogP contribution is 2.21. The lowest BCUT2D eigenvalue weighted by molar-refractivity contribution is 0.169. The first kappa shape index (κ1) is 10.2. The van der Waals surface area contributed by atoms with E-state index in [1.807, 2.05) is 19.9 Å². The number of aliphatic hydroxyl groups is 1. The van der Waals surface area contributed by atoms with Crippen molar-refractivity contribution < 1.29 is 9.50 Å². The Hall–Kier alpha value is -0.890. The SMILES string of the molecule is Cc1cc(F)cc(C(C)C(C)O)c1. The number of benzene rings is 1. The van der Waals surface area contributed by atoms with Gasteiger partial charge in [-0.25, -0.2) is 4.39 Å². The molecule has 1 nitrogen and oxygen atoms in total. The molecule has 1 aromatic rings. The van der Waals surface area contributed by atoms with Crippen molar-refractivity contribution in [3.05, 3.63) is 35.1 Å². The van der Waals surface area contributed by atoms with Gasteiger partial charge in [-0.05, 0) is 37.1 Å². The molecule has 0 heterocycles. The molecule has 0 spiro atoms. The van der Waals surface area contributed by atoms with Crippen molar-refractivity contribution in [3.8, 4) is 0 Å². The molecule has 0 radical (unpaired) electrons. The van der Waals surface area contributed by atoms with Crippen molar-refractivity contribution in [1.29, 1.82) is 0 Å². The van der Waals surface area contributed by atoms with Gasteiger partial charge >= 0.3 is 0 Å². The van der Waals surface area contributed by atoms with E-state index >= 15 is 0 Å². The summed E-state index contributed by atoms with van der Waals surface area (Å²) in [5.41, 5.74) is 1.75. The van der Waals surface area contributed by atoms with Crippen LogP contribution in [0.2, 0.25) is 0 Å². The molecule has 1 N–H and O–H groups in total. The van der Waals surface area contributed by atoms with E-state index in [-0.39, 0.29) is 11.7 Å². The summed E-state index contributed by atoms with van der Waals surface area (Å²) in [6, 6.07) is 4.86. The van der Waals surface area contributed by atoms with E-state index in [0.29, 0.717) is 0 Å². The van der Waals surface area contributed by atoms with Crippen molar-refractivity contribution in [2.75, 3.05) is 0 Å². The summed E-state index contributed by atoms with van der Waals surface area (Å²) in [7, 11) is 0. The molecule has 0 aliphatic rings. The average Bonchev–Trinajstić information content (AvgIpc) is 2.01. The predicted molar refractivity (Wildman–Crippen MR) is 51.2 cm³/mol. The molecule has 2 heteroatoms. The second kappa shape index (κ2) is 3.88. The van der Waals surface area contributed by atoms with Crippen LogP contribution in [-0.4, -0.2) is 11.2 Å². The quantitative estimate of drug-likeness (QED) is 0.745. The van der Waals surface area contributed by atoms with Crippen molar-refractivity contribution in [2.24, 2.45) is 0 Å². The zero-order valence-electron chi connectivity index (χ0n) is 8.21. The average molecular weight is 182 g/mol. The topological polar surface area (TPSA) is 20.2 Å². The molecule has 2 unspecified atom stereocenters. The van der Waals surface area contributed by atoms with E-state index in [0.717, 1.165) is 11.1 Å². The molecule has 0 bridgehead atoms. The summed E-state index contributed by atoms with van der Waals surface area (Å²) in [5, 5.41) is 9.33. The van der Waals surface area contributed by atoms with Crippen LogP contribution < -0.4 is 0 Å². The second-order valence-corrected chi connectivity index (χ2v) is 3.59. The fraction of sp³-hybridized carbons (Fsp3) is 0.455. The minimum absolute atomic E-state index is 0.0191. The van der Waals surface area contributed by atoms with E-state index in [1.165, 1.54) is 12.1 Å². The smallest absolute Gasteiger partial charge is 0.123 e. The Bertz CT molecular complexity index is 274. The van der Waals surface area contributed by atoms with Gasteiger partial charge in [0.2, 0.25) is 0 Å². The van der Waals surface area contributed by atoms with Gasteiger partial charge < -0.3 is 5.11 Å². The molecule has 0 amide bonds. The Balaban J connectivity index is 3.01. The van der Waals surface area contributed by atoms with Crippen LogP contribution in [0.3, 0.4) is 0 Å². The van der Waals surface area contributed by atoms with Crippen LogP contribution in [0.4, 0.5) is 4.39 Å². The lowest BCUT2D eigenvalue weighted by Crippen LogP contribution is -2.11. The van der Waals surface area contributed by atoms with E-state index < -0.39 is 6.10 Å². The zero-order valence-corrected chi connectivity index (χ0v) is 8.21. The molecular weight excluding hydrogens is 167 g/mol. The lowest BCUT2D eigenvalue weighted by Gasteiger charge is -2.15. The van der Waals surface area contributed by atoms with E-state index in [4.69, 9.17) is 0 Å². The van der Waals surface area contributed by atoms with Crippen LogP contribution in [-0.2, 0) is 0 Å². The molecule has 13 heavy (non-hydrogen) atoms. The third kappa shape index (κ3) is 2.52. The number of hydrogen-bond acceptors (Lipinski definition) is 1. The van der Waals surface area contributed by atoms with Gasteiger partial charge in [-0.2, -0.15) is 0 Å². The first-order chi connectivity index (χ1) is 6.00. The number of aliphatic hydroxyl groups excluding tert-OH is 1. The standard InChI is InChI=1S/C11H15FO/c1-7-4-10(6-11(12)5-7)8(2)9(3)13/h4-6,8-9,13H,1-3H3. The predicted octanol–water partition coefficient (Wildman–Crippen LogP) is 2.62. The van der Waals surface area contributed by atoms with E-state index in [1.54, 1.807) is 6.92 Å². The molecule has 0 aliphatic heterocycles. The molecule has 0 fully saturated rings. The maximum atomic E-state index is 13.0. The number of aryl methyl sites for hydroxylation is 1. The lowest BCUT2D eigenvalue weighted by atomic mass is 9.95. The summed E-state index contributed by atoms with van der Waals surface area (Å²) in [4.78, 5) is 0. The Morgan fingerprint density at radius 3 is 2.31 bits per heavy atom.